The lowest BCUT2D eigenvalue weighted by atomic mass is 9.76. The van der Waals surface area contributed by atoms with E-state index >= 15 is 0 Å². The predicted molar refractivity (Wildman–Crippen MR) is 122 cm³/mol. The minimum Gasteiger partial charge on any atom is -0.356 e. The molecular weight excluding hydrogens is 410 g/mol. The molecule has 1 aromatic heterocycles. The van der Waals surface area contributed by atoms with Crippen molar-refractivity contribution in [3.8, 4) is 0 Å². The molecule has 3 heterocycles. The van der Waals surface area contributed by atoms with Crippen LogP contribution in [0.1, 0.15) is 49.4 Å². The molecule has 2 aliphatic heterocycles. The number of H-pyrrole nitrogens is 1. The van der Waals surface area contributed by atoms with Crippen molar-refractivity contribution in [2.45, 2.75) is 38.1 Å². The number of carbonyl (C=O) groups is 2. The Morgan fingerprint density at radius 3 is 2.65 bits per heavy atom. The molecule has 1 N–H and O–H groups in total. The molecule has 5 nitrogen and oxygen atoms in total. The molecule has 31 heavy (non-hydrogen) atoms. The van der Waals surface area contributed by atoms with Gasteiger partial charge >= 0.3 is 0 Å². The van der Waals surface area contributed by atoms with E-state index in [4.69, 9.17) is 11.6 Å². The number of nitrogens with zero attached hydrogens (tertiary/aromatic N) is 2. The van der Waals surface area contributed by atoms with Gasteiger partial charge in [-0.2, -0.15) is 0 Å². The maximum Gasteiger partial charge on any atom is 0.254 e. The molecule has 2 atom stereocenters. The monoisotopic (exact) mass is 435 g/mol. The van der Waals surface area contributed by atoms with Crippen molar-refractivity contribution < 1.29 is 9.59 Å². The number of amides is 2. The number of unbranched alkanes of at least 4 members (excludes halogenated alkanes) is 1. The second kappa shape index (κ2) is 7.41. The summed E-state index contributed by atoms with van der Waals surface area (Å²) >= 11 is 6.61. The molecule has 5 rings (SSSR count). The van der Waals surface area contributed by atoms with Crippen LogP contribution >= 0.6 is 11.6 Å². The normalized spacial score (nSPS) is 23.3. The summed E-state index contributed by atoms with van der Waals surface area (Å²) in [7, 11) is 0. The van der Waals surface area contributed by atoms with E-state index in [1.165, 1.54) is 0 Å². The van der Waals surface area contributed by atoms with Crippen LogP contribution in [0.2, 0.25) is 5.02 Å². The third-order valence-corrected chi connectivity index (χ3v) is 7.22. The van der Waals surface area contributed by atoms with Gasteiger partial charge in [-0.1, -0.05) is 61.3 Å². The van der Waals surface area contributed by atoms with Gasteiger partial charge in [0.25, 0.3) is 5.91 Å². The summed E-state index contributed by atoms with van der Waals surface area (Å²) in [6.45, 7) is 5.16. The number of benzene rings is 2. The summed E-state index contributed by atoms with van der Waals surface area (Å²) in [6, 6.07) is 15.9. The first kappa shape index (κ1) is 20.1. The first-order chi connectivity index (χ1) is 15.0. The average Bonchev–Trinajstić information content (AvgIpc) is 3.17. The molecule has 0 bridgehead atoms. The average molecular weight is 436 g/mol. The quantitative estimate of drug-likeness (QED) is 0.648. The van der Waals surface area contributed by atoms with Crippen molar-refractivity contribution >= 4 is 34.3 Å². The molecule has 0 unspecified atom stereocenters. The molecule has 0 saturated carbocycles. The Hall–Kier alpha value is -2.79. The van der Waals surface area contributed by atoms with Crippen LogP contribution in [0.25, 0.3) is 10.9 Å². The van der Waals surface area contributed by atoms with E-state index in [1.807, 2.05) is 49.4 Å². The molecule has 3 aromatic rings. The molecule has 1 fully saturated rings. The number of nitrogens with one attached hydrogen (secondary N) is 1. The molecule has 6 heteroatoms. The van der Waals surface area contributed by atoms with Gasteiger partial charge in [-0.15, -0.1) is 0 Å². The van der Waals surface area contributed by atoms with Gasteiger partial charge in [-0.3, -0.25) is 9.59 Å². The number of rotatable bonds is 4. The van der Waals surface area contributed by atoms with Gasteiger partial charge < -0.3 is 14.8 Å². The molecule has 0 spiro atoms. The van der Waals surface area contributed by atoms with Gasteiger partial charge in [0.2, 0.25) is 5.91 Å². The van der Waals surface area contributed by atoms with E-state index in [1.54, 1.807) is 9.80 Å². The van der Waals surface area contributed by atoms with Crippen LogP contribution in [-0.2, 0) is 15.1 Å². The van der Waals surface area contributed by atoms with E-state index < -0.39 is 5.54 Å². The van der Waals surface area contributed by atoms with Crippen molar-refractivity contribution in [1.82, 2.24) is 14.8 Å². The number of aromatic nitrogens is 1. The van der Waals surface area contributed by atoms with Gasteiger partial charge in [0.15, 0.2) is 5.54 Å². The van der Waals surface area contributed by atoms with Crippen molar-refractivity contribution in [2.75, 3.05) is 19.6 Å². The molecule has 160 valence electrons. The zero-order valence-corrected chi connectivity index (χ0v) is 18.6. The fourth-order valence-electron chi connectivity index (χ4n) is 5.24. The number of halogens is 1. The van der Waals surface area contributed by atoms with Crippen molar-refractivity contribution in [3.05, 3.63) is 70.4 Å². The van der Waals surface area contributed by atoms with Crippen LogP contribution in [0.5, 0.6) is 0 Å². The Bertz CT molecular complexity index is 1190. The third-order valence-electron chi connectivity index (χ3n) is 6.88. The highest BCUT2D eigenvalue weighted by atomic mass is 35.5. The smallest absolute Gasteiger partial charge is 0.254 e. The van der Waals surface area contributed by atoms with Crippen LogP contribution in [0.3, 0.4) is 0 Å². The lowest BCUT2D eigenvalue weighted by Crippen LogP contribution is -2.67. The Morgan fingerprint density at radius 2 is 1.87 bits per heavy atom. The second-order valence-corrected chi connectivity index (χ2v) is 9.10. The lowest BCUT2D eigenvalue weighted by molar-refractivity contribution is -0.166. The predicted octanol–water partition coefficient (Wildman–Crippen LogP) is 4.65. The maximum atomic E-state index is 13.8. The highest BCUT2D eigenvalue weighted by molar-refractivity contribution is 6.31. The van der Waals surface area contributed by atoms with Crippen LogP contribution < -0.4 is 0 Å². The molecule has 2 aliphatic rings. The summed E-state index contributed by atoms with van der Waals surface area (Å²) < 4.78 is 0. The van der Waals surface area contributed by atoms with Crippen LogP contribution in [0, 0.1) is 0 Å². The summed E-state index contributed by atoms with van der Waals surface area (Å²) in [5, 5.41) is 1.75. The summed E-state index contributed by atoms with van der Waals surface area (Å²) in [5.41, 5.74) is 2.78. The summed E-state index contributed by atoms with van der Waals surface area (Å²) in [4.78, 5) is 34.1. The molecule has 1 saturated heterocycles. The minimum absolute atomic E-state index is 0.00837. The van der Waals surface area contributed by atoms with Crippen molar-refractivity contribution in [1.29, 1.82) is 0 Å². The Kier molecular flexibility index (Phi) is 4.82. The van der Waals surface area contributed by atoms with Gasteiger partial charge in [0.05, 0.1) is 12.2 Å². The zero-order valence-electron chi connectivity index (χ0n) is 17.8. The number of hydrogen-bond acceptors (Lipinski definition) is 2. The molecule has 2 aromatic carbocycles. The van der Waals surface area contributed by atoms with Crippen LogP contribution in [0.4, 0.5) is 0 Å². The Morgan fingerprint density at radius 1 is 1.13 bits per heavy atom. The van der Waals surface area contributed by atoms with E-state index in [0.717, 1.165) is 40.6 Å². The molecule has 0 aliphatic carbocycles. The number of para-hydroxylation sites is 1. The Labute approximate surface area is 187 Å². The summed E-state index contributed by atoms with van der Waals surface area (Å²) in [6.07, 6.45) is 1.86. The number of fused-ring (bicyclic) bond motifs is 5. The number of carbonyl (C=O) groups excluding carboxylic acids is 2. The largest absolute Gasteiger partial charge is 0.356 e. The second-order valence-electron chi connectivity index (χ2n) is 8.69. The zero-order chi connectivity index (χ0) is 21.8. The van der Waals surface area contributed by atoms with Gasteiger partial charge in [-0.05, 0) is 36.6 Å². The van der Waals surface area contributed by atoms with Crippen molar-refractivity contribution in [3.63, 3.8) is 0 Å². The molecular formula is C25H26ClN3O2. The van der Waals surface area contributed by atoms with E-state index in [-0.39, 0.29) is 24.3 Å². The fourth-order valence-corrected chi connectivity index (χ4v) is 5.51. The first-order valence-electron chi connectivity index (χ1n) is 10.9. The van der Waals surface area contributed by atoms with E-state index in [9.17, 15) is 9.59 Å². The molecule has 0 radical (unpaired) electrons. The number of aromatic amines is 1. The van der Waals surface area contributed by atoms with Crippen molar-refractivity contribution in [2.24, 2.45) is 0 Å². The first-order valence-corrected chi connectivity index (χ1v) is 11.3. The SMILES string of the molecule is CCCCN1CC(=O)N2C[C@H](c3ccccc3Cl)c3c([nH]c4ccccc34)[C@@]2(C)C1=O. The van der Waals surface area contributed by atoms with Gasteiger partial charge in [0, 0.05) is 34.9 Å². The summed E-state index contributed by atoms with van der Waals surface area (Å²) in [5.74, 6) is -0.127. The Balaban J connectivity index is 1.74. The van der Waals surface area contributed by atoms with E-state index in [0.29, 0.717) is 18.1 Å². The van der Waals surface area contributed by atoms with Crippen LogP contribution in [-0.4, -0.2) is 46.2 Å². The maximum absolute atomic E-state index is 13.8. The third kappa shape index (κ3) is 2.90. The number of hydrogen-bond donors (Lipinski definition) is 1. The van der Waals surface area contributed by atoms with Crippen LogP contribution in [0.15, 0.2) is 48.5 Å². The highest BCUT2D eigenvalue weighted by Gasteiger charge is 2.56. The number of piperazine rings is 1. The van der Waals surface area contributed by atoms with Gasteiger partial charge in [-0.25, -0.2) is 0 Å². The highest BCUT2D eigenvalue weighted by Crippen LogP contribution is 2.49. The topological polar surface area (TPSA) is 56.4 Å². The van der Waals surface area contributed by atoms with E-state index in [2.05, 4.69) is 18.0 Å². The minimum atomic E-state index is -1.05. The standard InChI is InChI=1S/C25H26ClN3O2/c1-3-4-13-28-15-21(30)29-14-18(16-9-5-7-11-19(16)26)22-17-10-6-8-12-20(17)27-23(22)25(29,2)24(28)31/h5-12,18,27H,3-4,13-15H2,1-2H3/t18-,25+/m1/s1. The van der Waals surface area contributed by atoms with Gasteiger partial charge in [0.1, 0.15) is 0 Å². The lowest BCUT2D eigenvalue weighted by Gasteiger charge is -2.51. The fraction of sp³-hybridized carbons (Fsp3) is 0.360. The molecule has 2 amide bonds.